The molecule has 1 aliphatic heterocycles. The molecule has 1 aliphatic rings. The molecule has 0 saturated carbocycles. The largest absolute Gasteiger partial charge is 0.310 e. The normalized spacial score (nSPS) is 21.7. The summed E-state index contributed by atoms with van der Waals surface area (Å²) >= 11 is 0. The summed E-state index contributed by atoms with van der Waals surface area (Å²) in [5.41, 5.74) is 1.79. The Labute approximate surface area is 77.2 Å². The van der Waals surface area contributed by atoms with Gasteiger partial charge in [-0.15, -0.1) is 0 Å². The van der Waals surface area contributed by atoms with Crippen LogP contribution in [0.15, 0.2) is 18.5 Å². The van der Waals surface area contributed by atoms with Gasteiger partial charge in [0.2, 0.25) is 0 Å². The molecule has 0 spiro atoms. The minimum atomic E-state index is 0.396. The van der Waals surface area contributed by atoms with Crippen molar-refractivity contribution in [1.82, 2.24) is 10.3 Å². The van der Waals surface area contributed by atoms with Crippen LogP contribution in [0.25, 0.3) is 0 Å². The number of rotatable bonds is 2. The second-order valence-corrected chi connectivity index (χ2v) is 3.32. The summed E-state index contributed by atoms with van der Waals surface area (Å²) in [5, 5.41) is 3.37. The molecule has 1 N–H and O–H groups in total. The monoisotopic (exact) mass is 176 g/mol. The highest BCUT2D eigenvalue weighted by molar-refractivity contribution is 5.74. The molecule has 2 rings (SSSR count). The van der Waals surface area contributed by atoms with Crippen molar-refractivity contribution in [2.75, 3.05) is 6.54 Å². The highest BCUT2D eigenvalue weighted by Gasteiger charge is 2.16. The lowest BCUT2D eigenvalue weighted by Crippen LogP contribution is -2.13. The summed E-state index contributed by atoms with van der Waals surface area (Å²) in [6, 6.07) is 2.30. The van der Waals surface area contributed by atoms with Crippen LogP contribution in [-0.2, 0) is 0 Å². The Balaban J connectivity index is 2.23. The van der Waals surface area contributed by atoms with Crippen LogP contribution < -0.4 is 5.32 Å². The van der Waals surface area contributed by atoms with Crippen molar-refractivity contribution in [1.29, 1.82) is 0 Å². The average molecular weight is 176 g/mol. The smallest absolute Gasteiger partial charge is 0.151 e. The Morgan fingerprint density at radius 1 is 1.54 bits per heavy atom. The van der Waals surface area contributed by atoms with Gasteiger partial charge in [0.15, 0.2) is 6.29 Å². The maximum Gasteiger partial charge on any atom is 0.151 e. The summed E-state index contributed by atoms with van der Waals surface area (Å²) in [7, 11) is 0. The van der Waals surface area contributed by atoms with Crippen molar-refractivity contribution in [3.8, 4) is 0 Å². The zero-order valence-electron chi connectivity index (χ0n) is 7.36. The minimum absolute atomic E-state index is 0.396. The molecule has 0 aliphatic carbocycles. The summed E-state index contributed by atoms with van der Waals surface area (Å²) in [4.78, 5) is 14.5. The van der Waals surface area contributed by atoms with E-state index >= 15 is 0 Å². The number of carbonyl (C=O) groups is 1. The quantitative estimate of drug-likeness (QED) is 0.691. The van der Waals surface area contributed by atoms with Crippen molar-refractivity contribution in [3.63, 3.8) is 0 Å². The molecule has 1 atom stereocenters. The Kier molecular flexibility index (Phi) is 2.36. The van der Waals surface area contributed by atoms with Gasteiger partial charge < -0.3 is 5.32 Å². The van der Waals surface area contributed by atoms with Gasteiger partial charge in [0.05, 0.1) is 0 Å². The zero-order valence-corrected chi connectivity index (χ0v) is 7.36. The second kappa shape index (κ2) is 3.66. The van der Waals surface area contributed by atoms with Gasteiger partial charge in [0.25, 0.3) is 0 Å². The Bertz CT molecular complexity index is 306. The number of aldehydes is 1. The van der Waals surface area contributed by atoms with E-state index in [4.69, 9.17) is 0 Å². The fourth-order valence-corrected chi connectivity index (χ4v) is 1.70. The molecule has 2 heterocycles. The van der Waals surface area contributed by atoms with Gasteiger partial charge in [0.1, 0.15) is 0 Å². The van der Waals surface area contributed by atoms with Gasteiger partial charge in [-0.05, 0) is 31.0 Å². The van der Waals surface area contributed by atoms with E-state index in [1.54, 1.807) is 6.20 Å². The van der Waals surface area contributed by atoms with Gasteiger partial charge in [-0.3, -0.25) is 9.78 Å². The lowest BCUT2D eigenvalue weighted by molar-refractivity contribution is 0.112. The van der Waals surface area contributed by atoms with Crippen molar-refractivity contribution in [2.45, 2.75) is 18.9 Å². The molecule has 0 aromatic carbocycles. The topological polar surface area (TPSA) is 42.0 Å². The first-order valence-corrected chi connectivity index (χ1v) is 4.53. The van der Waals surface area contributed by atoms with Gasteiger partial charge >= 0.3 is 0 Å². The molecule has 1 saturated heterocycles. The van der Waals surface area contributed by atoms with E-state index < -0.39 is 0 Å². The fourth-order valence-electron chi connectivity index (χ4n) is 1.70. The first-order valence-electron chi connectivity index (χ1n) is 4.53. The molecule has 13 heavy (non-hydrogen) atoms. The van der Waals surface area contributed by atoms with E-state index in [1.165, 1.54) is 6.42 Å². The number of aromatic nitrogens is 1. The van der Waals surface area contributed by atoms with Gasteiger partial charge in [-0.25, -0.2) is 0 Å². The molecule has 1 aromatic rings. The predicted molar refractivity (Wildman–Crippen MR) is 49.6 cm³/mol. The molecule has 68 valence electrons. The molecule has 1 aromatic heterocycles. The van der Waals surface area contributed by atoms with E-state index in [0.29, 0.717) is 11.6 Å². The molecular weight excluding hydrogens is 164 g/mol. The minimum Gasteiger partial charge on any atom is -0.310 e. The maximum absolute atomic E-state index is 10.5. The van der Waals surface area contributed by atoms with Crippen molar-refractivity contribution >= 4 is 6.29 Å². The van der Waals surface area contributed by atoms with Crippen LogP contribution in [-0.4, -0.2) is 17.8 Å². The molecule has 3 heteroatoms. The lowest BCUT2D eigenvalue weighted by atomic mass is 10.1. The molecule has 0 bridgehead atoms. The van der Waals surface area contributed by atoms with E-state index in [2.05, 4.69) is 10.3 Å². The highest BCUT2D eigenvalue weighted by atomic mass is 16.1. The molecule has 0 amide bonds. The number of pyridine rings is 1. The molecular formula is C10H12N2O. The summed E-state index contributed by atoms with van der Waals surface area (Å²) in [6.07, 6.45) is 6.60. The molecule has 0 radical (unpaired) electrons. The average Bonchev–Trinajstić information content (AvgIpc) is 2.71. The maximum atomic E-state index is 10.5. The van der Waals surface area contributed by atoms with Crippen molar-refractivity contribution in [3.05, 3.63) is 29.6 Å². The number of hydrogen-bond donors (Lipinski definition) is 1. The fraction of sp³-hybridized carbons (Fsp3) is 0.400. The van der Waals surface area contributed by atoms with Crippen LogP contribution in [0.5, 0.6) is 0 Å². The Hall–Kier alpha value is -1.22. The van der Waals surface area contributed by atoms with Crippen molar-refractivity contribution in [2.24, 2.45) is 0 Å². The van der Waals surface area contributed by atoms with Crippen LogP contribution >= 0.6 is 0 Å². The van der Waals surface area contributed by atoms with Crippen LogP contribution in [0.1, 0.15) is 34.8 Å². The SMILES string of the molecule is O=Cc1cncc(C2CCCN2)c1. The summed E-state index contributed by atoms with van der Waals surface area (Å²) < 4.78 is 0. The Morgan fingerprint density at radius 3 is 3.15 bits per heavy atom. The highest BCUT2D eigenvalue weighted by Crippen LogP contribution is 2.22. The zero-order chi connectivity index (χ0) is 9.10. The van der Waals surface area contributed by atoms with E-state index in [9.17, 15) is 4.79 Å². The third-order valence-corrected chi connectivity index (χ3v) is 2.38. The van der Waals surface area contributed by atoms with Crippen LogP contribution in [0, 0.1) is 0 Å². The first kappa shape index (κ1) is 8.38. The second-order valence-electron chi connectivity index (χ2n) is 3.32. The number of nitrogens with one attached hydrogen (secondary N) is 1. The number of nitrogens with zero attached hydrogens (tertiary/aromatic N) is 1. The van der Waals surface area contributed by atoms with Crippen LogP contribution in [0.4, 0.5) is 0 Å². The molecule has 1 unspecified atom stereocenters. The van der Waals surface area contributed by atoms with Gasteiger partial charge in [-0.2, -0.15) is 0 Å². The van der Waals surface area contributed by atoms with Crippen LogP contribution in [0.3, 0.4) is 0 Å². The van der Waals surface area contributed by atoms with Crippen molar-refractivity contribution < 1.29 is 4.79 Å². The van der Waals surface area contributed by atoms with E-state index in [-0.39, 0.29) is 0 Å². The van der Waals surface area contributed by atoms with E-state index in [1.807, 2.05) is 12.3 Å². The standard InChI is InChI=1S/C10H12N2O/c13-7-8-4-9(6-11-5-8)10-2-1-3-12-10/h4-7,10,12H,1-3H2. The van der Waals surface area contributed by atoms with Gasteiger partial charge in [-0.1, -0.05) is 0 Å². The molecule has 3 nitrogen and oxygen atoms in total. The predicted octanol–water partition coefficient (Wildman–Crippen LogP) is 1.32. The van der Waals surface area contributed by atoms with Crippen LogP contribution in [0.2, 0.25) is 0 Å². The first-order chi connectivity index (χ1) is 6.40. The number of carbonyl (C=O) groups excluding carboxylic acids is 1. The Morgan fingerprint density at radius 2 is 2.46 bits per heavy atom. The number of hydrogen-bond acceptors (Lipinski definition) is 3. The van der Waals surface area contributed by atoms with E-state index in [0.717, 1.165) is 24.8 Å². The molecule has 1 fully saturated rings. The third kappa shape index (κ3) is 1.75. The lowest BCUT2D eigenvalue weighted by Gasteiger charge is -2.09. The van der Waals surface area contributed by atoms with Gasteiger partial charge in [0, 0.05) is 24.0 Å². The summed E-state index contributed by atoms with van der Waals surface area (Å²) in [5.74, 6) is 0. The summed E-state index contributed by atoms with van der Waals surface area (Å²) in [6.45, 7) is 1.07. The third-order valence-electron chi connectivity index (χ3n) is 2.38.